The van der Waals surface area contributed by atoms with Gasteiger partial charge in [0, 0.05) is 19.6 Å². The van der Waals surface area contributed by atoms with E-state index in [0.29, 0.717) is 31.2 Å². The molecule has 1 fully saturated rings. The van der Waals surface area contributed by atoms with E-state index in [2.05, 4.69) is 10.3 Å². The summed E-state index contributed by atoms with van der Waals surface area (Å²) in [7, 11) is -3.12. The number of sulfone groups is 1. The molecule has 142 valence electrons. The summed E-state index contributed by atoms with van der Waals surface area (Å²) in [5.41, 5.74) is 0.629. The summed E-state index contributed by atoms with van der Waals surface area (Å²) >= 11 is 0. The molecular formula is C16H25FIN3O3S. The van der Waals surface area contributed by atoms with Crippen LogP contribution in [0.2, 0.25) is 0 Å². The predicted molar refractivity (Wildman–Crippen MR) is 108 cm³/mol. The highest BCUT2D eigenvalue weighted by atomic mass is 127. The lowest BCUT2D eigenvalue weighted by atomic mass is 10.2. The van der Waals surface area contributed by atoms with Crippen molar-refractivity contribution >= 4 is 39.8 Å². The molecule has 0 unspecified atom stereocenters. The first-order valence-electron chi connectivity index (χ1n) is 7.89. The normalized spacial score (nSPS) is 19.2. The lowest BCUT2D eigenvalue weighted by molar-refractivity contribution is 0.353. The number of phenols is 1. The molecule has 0 aromatic heterocycles. The van der Waals surface area contributed by atoms with Gasteiger partial charge in [-0.1, -0.05) is 6.07 Å². The van der Waals surface area contributed by atoms with Crippen LogP contribution < -0.4 is 5.32 Å². The zero-order valence-electron chi connectivity index (χ0n) is 14.6. The molecule has 2 rings (SSSR count). The fraction of sp³-hybridized carbons (Fsp3) is 0.562. The second kappa shape index (κ2) is 8.52. The summed E-state index contributed by atoms with van der Waals surface area (Å²) < 4.78 is 36.8. The van der Waals surface area contributed by atoms with Crippen LogP contribution in [0.3, 0.4) is 0 Å². The Morgan fingerprint density at radius 3 is 2.68 bits per heavy atom. The van der Waals surface area contributed by atoms with Gasteiger partial charge < -0.3 is 15.3 Å². The molecule has 0 amide bonds. The molecule has 25 heavy (non-hydrogen) atoms. The molecule has 1 aliphatic rings. The van der Waals surface area contributed by atoms with Crippen LogP contribution in [0.25, 0.3) is 0 Å². The number of aliphatic imine (C=N–C) groups is 1. The van der Waals surface area contributed by atoms with E-state index in [9.17, 15) is 17.9 Å². The molecule has 2 N–H and O–H groups in total. The van der Waals surface area contributed by atoms with Crippen LogP contribution in [0.1, 0.15) is 26.3 Å². The summed E-state index contributed by atoms with van der Waals surface area (Å²) in [4.78, 5) is 6.40. The highest BCUT2D eigenvalue weighted by molar-refractivity contribution is 14.0. The number of guanidine groups is 1. The Morgan fingerprint density at radius 1 is 1.44 bits per heavy atom. The Bertz CT molecular complexity index is 738. The van der Waals surface area contributed by atoms with E-state index in [1.165, 1.54) is 12.1 Å². The van der Waals surface area contributed by atoms with Crippen LogP contribution in [0.5, 0.6) is 5.75 Å². The Morgan fingerprint density at radius 2 is 2.12 bits per heavy atom. The molecule has 0 saturated carbocycles. The maximum atomic E-state index is 13.4. The number of halogens is 2. The molecule has 1 saturated heterocycles. The quantitative estimate of drug-likeness (QED) is 0.390. The van der Waals surface area contributed by atoms with E-state index in [-0.39, 0.29) is 36.3 Å². The smallest absolute Gasteiger partial charge is 0.194 e. The van der Waals surface area contributed by atoms with Crippen molar-refractivity contribution in [3.05, 3.63) is 29.6 Å². The number of phenolic OH excluding ortho intramolecular Hbond substituents is 1. The lowest BCUT2D eigenvalue weighted by Crippen LogP contribution is -2.57. The van der Waals surface area contributed by atoms with Crippen molar-refractivity contribution < 1.29 is 17.9 Å². The second-order valence-electron chi connectivity index (χ2n) is 6.46. The van der Waals surface area contributed by atoms with E-state index >= 15 is 0 Å². The summed E-state index contributed by atoms with van der Waals surface area (Å²) in [6.07, 6.45) is 0. The van der Waals surface area contributed by atoms with Crippen molar-refractivity contribution in [1.82, 2.24) is 10.2 Å². The van der Waals surface area contributed by atoms with Crippen LogP contribution in [0.4, 0.5) is 4.39 Å². The highest BCUT2D eigenvalue weighted by Gasteiger charge is 2.40. The number of benzene rings is 1. The molecule has 0 radical (unpaired) electrons. The Hall–Kier alpha value is -1.10. The fourth-order valence-electron chi connectivity index (χ4n) is 2.57. The molecule has 1 aromatic carbocycles. The second-order valence-corrected chi connectivity index (χ2v) is 9.20. The molecule has 0 atom stereocenters. The van der Waals surface area contributed by atoms with Gasteiger partial charge >= 0.3 is 0 Å². The van der Waals surface area contributed by atoms with Gasteiger partial charge in [-0.05, 0) is 38.5 Å². The zero-order chi connectivity index (χ0) is 18.0. The molecule has 6 nitrogen and oxygen atoms in total. The molecule has 1 aliphatic heterocycles. The molecule has 1 heterocycles. The van der Waals surface area contributed by atoms with Gasteiger partial charge in [-0.15, -0.1) is 24.0 Å². The zero-order valence-corrected chi connectivity index (χ0v) is 17.8. The number of hydrogen-bond donors (Lipinski definition) is 2. The third-order valence-corrected chi connectivity index (χ3v) is 6.63. The first-order valence-corrected chi connectivity index (χ1v) is 9.54. The summed E-state index contributed by atoms with van der Waals surface area (Å²) in [6, 6.07) is 4.15. The van der Waals surface area contributed by atoms with E-state index < -0.39 is 26.2 Å². The number of hydrogen-bond acceptors (Lipinski definition) is 4. The molecule has 0 bridgehead atoms. The van der Waals surface area contributed by atoms with Crippen LogP contribution in [0, 0.1) is 5.82 Å². The van der Waals surface area contributed by atoms with Gasteiger partial charge in [-0.25, -0.2) is 17.8 Å². The van der Waals surface area contributed by atoms with Crippen LogP contribution in [0.15, 0.2) is 23.2 Å². The van der Waals surface area contributed by atoms with E-state index in [1.54, 1.807) is 19.9 Å². The van der Waals surface area contributed by atoms with E-state index in [1.807, 2.05) is 11.8 Å². The monoisotopic (exact) mass is 485 g/mol. The first-order chi connectivity index (χ1) is 11.2. The number of rotatable bonds is 3. The minimum atomic E-state index is -3.12. The number of nitrogens with zero attached hydrogens (tertiary/aromatic N) is 2. The topological polar surface area (TPSA) is 82.0 Å². The van der Waals surface area contributed by atoms with Crippen molar-refractivity contribution in [1.29, 1.82) is 0 Å². The van der Waals surface area contributed by atoms with Gasteiger partial charge in [0.15, 0.2) is 27.4 Å². The maximum Gasteiger partial charge on any atom is 0.194 e. The molecule has 9 heteroatoms. The number of nitrogens with one attached hydrogen (secondary N) is 1. The molecule has 0 spiro atoms. The van der Waals surface area contributed by atoms with E-state index in [0.717, 1.165) is 0 Å². The van der Waals surface area contributed by atoms with Crippen molar-refractivity contribution in [2.45, 2.75) is 32.1 Å². The maximum absolute atomic E-state index is 13.4. The van der Waals surface area contributed by atoms with Crippen molar-refractivity contribution in [2.24, 2.45) is 4.99 Å². The minimum absolute atomic E-state index is 0. The average molecular weight is 485 g/mol. The van der Waals surface area contributed by atoms with Gasteiger partial charge in [0.25, 0.3) is 0 Å². The van der Waals surface area contributed by atoms with Crippen LogP contribution >= 0.6 is 24.0 Å². The standard InChI is InChI=1S/C16H24FN3O3S.HI/c1-4-18-15(19-10-12-5-6-14(21)13(17)9-12)20-7-8-24(22,23)16(2,3)11-20;/h5-6,9,21H,4,7-8,10-11H2,1-3H3,(H,18,19);1H. The summed E-state index contributed by atoms with van der Waals surface area (Å²) in [5, 5.41) is 12.4. The Labute approximate surface area is 165 Å². The predicted octanol–water partition coefficient (Wildman–Crippen LogP) is 2.12. The Balaban J connectivity index is 0.00000312. The highest BCUT2D eigenvalue weighted by Crippen LogP contribution is 2.24. The van der Waals surface area contributed by atoms with Crippen LogP contribution in [-0.4, -0.2) is 54.5 Å². The Kier molecular flexibility index (Phi) is 7.48. The van der Waals surface area contributed by atoms with E-state index in [4.69, 9.17) is 0 Å². The van der Waals surface area contributed by atoms with Crippen molar-refractivity contribution in [3.8, 4) is 5.75 Å². The van der Waals surface area contributed by atoms with Crippen LogP contribution in [-0.2, 0) is 16.4 Å². The third kappa shape index (κ3) is 5.19. The fourth-order valence-corrected chi connectivity index (χ4v) is 3.93. The molecular weight excluding hydrogens is 460 g/mol. The van der Waals surface area contributed by atoms with Gasteiger partial charge in [-0.2, -0.15) is 0 Å². The largest absolute Gasteiger partial charge is 0.505 e. The third-order valence-electron chi connectivity index (χ3n) is 4.10. The van der Waals surface area contributed by atoms with Gasteiger partial charge in [0.2, 0.25) is 0 Å². The first kappa shape index (κ1) is 21.9. The van der Waals surface area contributed by atoms with Gasteiger partial charge in [0.1, 0.15) is 0 Å². The minimum Gasteiger partial charge on any atom is -0.505 e. The van der Waals surface area contributed by atoms with Gasteiger partial charge in [0.05, 0.1) is 17.0 Å². The average Bonchev–Trinajstić information content (AvgIpc) is 2.50. The SMILES string of the molecule is CCNC(=NCc1ccc(O)c(F)c1)N1CCS(=O)(=O)C(C)(C)C1.I. The van der Waals surface area contributed by atoms with Crippen molar-refractivity contribution in [3.63, 3.8) is 0 Å². The number of aromatic hydroxyl groups is 1. The summed E-state index contributed by atoms with van der Waals surface area (Å²) in [5.74, 6) is -0.386. The van der Waals surface area contributed by atoms with Gasteiger partial charge in [-0.3, -0.25) is 0 Å². The molecule has 0 aliphatic carbocycles. The van der Waals surface area contributed by atoms with Crippen molar-refractivity contribution in [2.75, 3.05) is 25.4 Å². The molecule has 1 aromatic rings. The summed E-state index contributed by atoms with van der Waals surface area (Å²) in [6.45, 7) is 6.98. The lowest BCUT2D eigenvalue weighted by Gasteiger charge is -2.39.